The van der Waals surface area contributed by atoms with E-state index in [2.05, 4.69) is 10.2 Å². The highest BCUT2D eigenvalue weighted by Gasteiger charge is 2.18. The Balaban J connectivity index is 2.23. The fourth-order valence-corrected chi connectivity index (χ4v) is 2.93. The lowest BCUT2D eigenvalue weighted by Crippen LogP contribution is -1.91. The van der Waals surface area contributed by atoms with Crippen molar-refractivity contribution in [3.63, 3.8) is 0 Å². The number of ketones is 1. The smallest absolute Gasteiger partial charge is 0.276 e. The highest BCUT2D eigenvalue weighted by Crippen LogP contribution is 2.39. The van der Waals surface area contributed by atoms with Crippen LogP contribution in [0.2, 0.25) is 10.0 Å². The number of Topliss-reactive ketones (excluding diaryl/α,β-unsaturated/α-hetero) is 1. The zero-order valence-corrected chi connectivity index (χ0v) is 13.7. The van der Waals surface area contributed by atoms with Crippen LogP contribution in [0.4, 0.5) is 0 Å². The van der Waals surface area contributed by atoms with E-state index in [1.165, 1.54) is 25.8 Å². The quantitative estimate of drug-likeness (QED) is 0.733. The van der Waals surface area contributed by atoms with E-state index in [4.69, 9.17) is 32.4 Å². The molecule has 2 aromatic rings. The second-order valence-electron chi connectivity index (χ2n) is 4.14. The summed E-state index contributed by atoms with van der Waals surface area (Å²) in [6, 6.07) is 3.20. The lowest BCUT2D eigenvalue weighted by Gasteiger charge is -2.07. The molecule has 0 fully saturated rings. The molecule has 112 valence electrons. The number of carbonyl (C=O) groups is 1. The van der Waals surface area contributed by atoms with Crippen LogP contribution in [-0.2, 0) is 4.79 Å². The molecule has 0 bridgehead atoms. The van der Waals surface area contributed by atoms with Crippen LogP contribution in [-0.4, -0.2) is 28.8 Å². The molecule has 1 aromatic heterocycles. The van der Waals surface area contributed by atoms with Gasteiger partial charge in [0.15, 0.2) is 0 Å². The highest BCUT2D eigenvalue weighted by atomic mass is 35.5. The van der Waals surface area contributed by atoms with Crippen LogP contribution in [0.1, 0.15) is 13.3 Å². The van der Waals surface area contributed by atoms with Crippen molar-refractivity contribution in [3.8, 4) is 17.2 Å². The van der Waals surface area contributed by atoms with Crippen LogP contribution in [0.25, 0.3) is 11.5 Å². The fraction of sp³-hybridized carbons (Fsp3) is 0.308. The van der Waals surface area contributed by atoms with E-state index >= 15 is 0 Å². The number of benzene rings is 1. The molecule has 21 heavy (non-hydrogen) atoms. The Hall–Kier alpha value is -1.24. The molecule has 1 heterocycles. The van der Waals surface area contributed by atoms with Crippen molar-refractivity contribution >= 4 is 40.7 Å². The number of methoxy groups -OCH3 is 1. The number of hydrogen-bond donors (Lipinski definition) is 0. The number of aromatic nitrogens is 2. The first-order chi connectivity index (χ1) is 10.0. The Morgan fingerprint density at radius 2 is 2.14 bits per heavy atom. The average molecular weight is 347 g/mol. The molecule has 2 rings (SSSR count). The van der Waals surface area contributed by atoms with Gasteiger partial charge >= 0.3 is 0 Å². The van der Waals surface area contributed by atoms with Gasteiger partial charge in [0.2, 0.25) is 0 Å². The van der Waals surface area contributed by atoms with Crippen LogP contribution in [0.5, 0.6) is 5.75 Å². The molecule has 0 spiro atoms. The summed E-state index contributed by atoms with van der Waals surface area (Å²) in [6.45, 7) is 1.54. The minimum Gasteiger partial charge on any atom is -0.496 e. The van der Waals surface area contributed by atoms with E-state index in [1.54, 1.807) is 12.1 Å². The van der Waals surface area contributed by atoms with Gasteiger partial charge in [-0.15, -0.1) is 10.2 Å². The molecule has 0 aliphatic carbocycles. The summed E-state index contributed by atoms with van der Waals surface area (Å²) in [6.07, 6.45) is 0.452. The summed E-state index contributed by atoms with van der Waals surface area (Å²) in [5, 5.41) is 9.06. The molecule has 8 heteroatoms. The molecule has 0 atom stereocenters. The lowest BCUT2D eigenvalue weighted by molar-refractivity contribution is -0.116. The lowest BCUT2D eigenvalue weighted by atomic mass is 10.2. The summed E-state index contributed by atoms with van der Waals surface area (Å²) in [5.74, 6) is 1.41. The summed E-state index contributed by atoms with van der Waals surface area (Å²) < 4.78 is 10.8. The number of hydrogen-bond acceptors (Lipinski definition) is 6. The number of halogens is 2. The van der Waals surface area contributed by atoms with Gasteiger partial charge in [-0.3, -0.25) is 4.79 Å². The van der Waals surface area contributed by atoms with Gasteiger partial charge in [0.05, 0.1) is 17.7 Å². The van der Waals surface area contributed by atoms with Crippen LogP contribution in [0, 0.1) is 0 Å². The van der Waals surface area contributed by atoms with Crippen LogP contribution in [0.15, 0.2) is 21.8 Å². The molecular formula is C13H12Cl2N2O3S. The molecule has 0 radical (unpaired) electrons. The molecule has 0 amide bonds. The maximum Gasteiger partial charge on any atom is 0.276 e. The maximum absolute atomic E-state index is 10.9. The maximum atomic E-state index is 10.9. The van der Waals surface area contributed by atoms with Crippen LogP contribution >= 0.6 is 35.0 Å². The third-order valence-electron chi connectivity index (χ3n) is 2.54. The predicted octanol–water partition coefficient (Wildman–Crippen LogP) is 4.12. The second kappa shape index (κ2) is 7.15. The monoisotopic (exact) mass is 346 g/mol. The molecule has 5 nitrogen and oxygen atoms in total. The van der Waals surface area contributed by atoms with Gasteiger partial charge in [-0.25, -0.2) is 0 Å². The molecule has 0 unspecified atom stereocenters. The topological polar surface area (TPSA) is 65.2 Å². The van der Waals surface area contributed by atoms with Crippen molar-refractivity contribution in [2.75, 3.05) is 12.9 Å². The third-order valence-corrected chi connectivity index (χ3v) is 3.88. The Labute approximate surface area is 136 Å². The standard InChI is InChI=1S/C13H12Cl2N2O3S/c1-7(18)3-4-21-13-17-16-12(20-13)11-9(15)5-8(14)6-10(11)19-2/h5-6H,3-4H2,1-2H3. The zero-order valence-electron chi connectivity index (χ0n) is 11.4. The fourth-order valence-electron chi connectivity index (χ4n) is 1.57. The van der Waals surface area contributed by atoms with Crippen molar-refractivity contribution in [1.29, 1.82) is 0 Å². The number of rotatable bonds is 6. The van der Waals surface area contributed by atoms with E-state index in [0.717, 1.165) is 0 Å². The van der Waals surface area contributed by atoms with Gasteiger partial charge in [-0.2, -0.15) is 0 Å². The van der Waals surface area contributed by atoms with Gasteiger partial charge < -0.3 is 9.15 Å². The Morgan fingerprint density at radius 3 is 2.81 bits per heavy atom. The van der Waals surface area contributed by atoms with E-state index in [-0.39, 0.29) is 11.7 Å². The Bertz CT molecular complexity index is 661. The average Bonchev–Trinajstić information content (AvgIpc) is 2.85. The van der Waals surface area contributed by atoms with Gasteiger partial charge in [-0.1, -0.05) is 35.0 Å². The SMILES string of the molecule is COc1cc(Cl)cc(Cl)c1-c1nnc(SCCC(C)=O)o1. The predicted molar refractivity (Wildman–Crippen MR) is 82.3 cm³/mol. The van der Waals surface area contributed by atoms with E-state index < -0.39 is 0 Å². The van der Waals surface area contributed by atoms with Crippen molar-refractivity contribution in [2.45, 2.75) is 18.6 Å². The van der Waals surface area contributed by atoms with Gasteiger partial charge in [-0.05, 0) is 19.1 Å². The van der Waals surface area contributed by atoms with Crippen LogP contribution in [0.3, 0.4) is 0 Å². The minimum absolute atomic E-state index is 0.115. The third kappa shape index (κ3) is 4.12. The summed E-state index contributed by atoms with van der Waals surface area (Å²) in [7, 11) is 1.50. The first-order valence-electron chi connectivity index (χ1n) is 6.00. The normalized spacial score (nSPS) is 10.7. The molecule has 0 N–H and O–H groups in total. The van der Waals surface area contributed by atoms with Crippen molar-refractivity contribution < 1.29 is 13.9 Å². The molecular weight excluding hydrogens is 335 g/mol. The van der Waals surface area contributed by atoms with Crippen LogP contribution < -0.4 is 4.74 Å². The second-order valence-corrected chi connectivity index (χ2v) is 6.03. The first-order valence-corrected chi connectivity index (χ1v) is 7.74. The number of nitrogens with zero attached hydrogens (tertiary/aromatic N) is 2. The summed E-state index contributed by atoms with van der Waals surface area (Å²) >= 11 is 13.4. The van der Waals surface area contributed by atoms with E-state index in [1.807, 2.05) is 0 Å². The van der Waals surface area contributed by atoms with Gasteiger partial charge in [0, 0.05) is 17.2 Å². The molecule has 1 aromatic carbocycles. The van der Waals surface area contributed by atoms with E-state index in [0.29, 0.717) is 38.8 Å². The van der Waals surface area contributed by atoms with E-state index in [9.17, 15) is 4.79 Å². The Kier molecular flexibility index (Phi) is 5.50. The highest BCUT2D eigenvalue weighted by molar-refractivity contribution is 7.99. The number of carbonyl (C=O) groups excluding carboxylic acids is 1. The minimum atomic E-state index is 0.115. The largest absolute Gasteiger partial charge is 0.496 e. The Morgan fingerprint density at radius 1 is 1.38 bits per heavy atom. The molecule has 0 aliphatic heterocycles. The van der Waals surface area contributed by atoms with Crippen molar-refractivity contribution in [3.05, 3.63) is 22.2 Å². The number of ether oxygens (including phenoxy) is 1. The van der Waals surface area contributed by atoms with Gasteiger partial charge in [0.1, 0.15) is 11.5 Å². The number of thioether (sulfide) groups is 1. The summed E-state index contributed by atoms with van der Waals surface area (Å²) in [4.78, 5) is 10.9. The van der Waals surface area contributed by atoms with Crippen molar-refractivity contribution in [2.24, 2.45) is 0 Å². The molecule has 0 aliphatic rings. The molecule has 0 saturated heterocycles. The molecule has 0 saturated carbocycles. The van der Waals surface area contributed by atoms with Gasteiger partial charge in [0.25, 0.3) is 11.1 Å². The van der Waals surface area contributed by atoms with Crippen molar-refractivity contribution in [1.82, 2.24) is 10.2 Å². The zero-order chi connectivity index (χ0) is 15.4. The first kappa shape index (κ1) is 16.1. The summed E-state index contributed by atoms with van der Waals surface area (Å²) in [5.41, 5.74) is 0.495.